The normalized spacial score (nSPS) is 12.5. The summed E-state index contributed by atoms with van der Waals surface area (Å²) in [5.74, 6) is -0.836. The highest BCUT2D eigenvalue weighted by molar-refractivity contribution is 5.89. The van der Waals surface area contributed by atoms with E-state index in [4.69, 9.17) is 9.47 Å². The summed E-state index contributed by atoms with van der Waals surface area (Å²) in [6.45, 7) is 5.66. The second-order valence-corrected chi connectivity index (χ2v) is 7.71. The lowest BCUT2D eigenvalue weighted by molar-refractivity contribution is -0.149. The van der Waals surface area contributed by atoms with Gasteiger partial charge in [-0.05, 0) is 30.4 Å². The zero-order valence-electron chi connectivity index (χ0n) is 18.2. The van der Waals surface area contributed by atoms with E-state index in [-0.39, 0.29) is 19.1 Å². The van der Waals surface area contributed by atoms with Crippen LogP contribution in [0.1, 0.15) is 38.3 Å². The van der Waals surface area contributed by atoms with Crippen LogP contribution >= 0.6 is 0 Å². The number of benzene rings is 2. The molecule has 7 nitrogen and oxygen atoms in total. The molecule has 0 fully saturated rings. The van der Waals surface area contributed by atoms with Crippen LogP contribution in [0, 0.1) is 5.92 Å². The first-order valence-electron chi connectivity index (χ1n) is 10.3. The molecule has 0 radical (unpaired) electrons. The minimum atomic E-state index is -0.875. The Bertz CT molecular complexity index is 840. The van der Waals surface area contributed by atoms with Gasteiger partial charge >= 0.3 is 12.1 Å². The molecular formula is C24H30N2O5. The molecule has 0 unspecified atom stereocenters. The summed E-state index contributed by atoms with van der Waals surface area (Å²) in [6.07, 6.45) is -0.288. The summed E-state index contributed by atoms with van der Waals surface area (Å²) in [6, 6.07) is 16.9. The maximum Gasteiger partial charge on any atom is 0.408 e. The highest BCUT2D eigenvalue weighted by Crippen LogP contribution is 2.09. The van der Waals surface area contributed by atoms with E-state index < -0.39 is 30.1 Å². The Labute approximate surface area is 183 Å². The first kappa shape index (κ1) is 23.9. The van der Waals surface area contributed by atoms with Crippen LogP contribution in [0.3, 0.4) is 0 Å². The van der Waals surface area contributed by atoms with Gasteiger partial charge in [-0.2, -0.15) is 0 Å². The molecule has 2 N–H and O–H groups in total. The minimum Gasteiger partial charge on any atom is -0.459 e. The molecule has 0 aliphatic rings. The van der Waals surface area contributed by atoms with Crippen molar-refractivity contribution in [2.75, 3.05) is 0 Å². The van der Waals surface area contributed by atoms with Crippen molar-refractivity contribution in [3.05, 3.63) is 71.8 Å². The van der Waals surface area contributed by atoms with Crippen LogP contribution in [0.25, 0.3) is 0 Å². The van der Waals surface area contributed by atoms with Gasteiger partial charge in [-0.3, -0.25) is 4.79 Å². The molecule has 0 saturated heterocycles. The zero-order chi connectivity index (χ0) is 22.6. The van der Waals surface area contributed by atoms with Crippen LogP contribution in [0.5, 0.6) is 0 Å². The molecule has 0 heterocycles. The molecule has 0 spiro atoms. The topological polar surface area (TPSA) is 93.7 Å². The first-order valence-corrected chi connectivity index (χ1v) is 10.3. The van der Waals surface area contributed by atoms with E-state index in [0.29, 0.717) is 6.42 Å². The Kier molecular flexibility index (Phi) is 9.55. The number of ether oxygens (including phenoxy) is 2. The van der Waals surface area contributed by atoms with E-state index >= 15 is 0 Å². The average molecular weight is 427 g/mol. The Morgan fingerprint density at radius 1 is 0.774 bits per heavy atom. The standard InChI is InChI=1S/C24H30N2O5/c1-17(2)14-21(23(28)30-15-19-10-6-4-7-11-19)26-22(27)18(3)25-24(29)31-16-20-12-8-5-9-13-20/h4-13,17-18,21H,14-16H2,1-3H3,(H,25,29)(H,26,27)/t18-,21-/m1/s1. The Morgan fingerprint density at radius 2 is 1.29 bits per heavy atom. The van der Waals surface area contributed by atoms with E-state index in [2.05, 4.69) is 10.6 Å². The second-order valence-electron chi connectivity index (χ2n) is 7.71. The van der Waals surface area contributed by atoms with E-state index in [0.717, 1.165) is 11.1 Å². The SMILES string of the molecule is CC(C)C[C@@H](NC(=O)[C@@H](C)NC(=O)OCc1ccccc1)C(=O)OCc1ccccc1. The molecule has 2 aromatic rings. The monoisotopic (exact) mass is 426 g/mol. The lowest BCUT2D eigenvalue weighted by Gasteiger charge is -2.22. The first-order chi connectivity index (χ1) is 14.8. The molecule has 0 bridgehead atoms. The van der Waals surface area contributed by atoms with Crippen molar-refractivity contribution in [3.8, 4) is 0 Å². The molecule has 0 aliphatic heterocycles. The number of carbonyl (C=O) groups excluding carboxylic acids is 3. The summed E-state index contributed by atoms with van der Waals surface area (Å²) in [5, 5.41) is 5.16. The van der Waals surface area contributed by atoms with Gasteiger partial charge in [0.15, 0.2) is 0 Å². The molecule has 0 aromatic heterocycles. The maximum atomic E-state index is 12.5. The quantitative estimate of drug-likeness (QED) is 0.567. The lowest BCUT2D eigenvalue weighted by Crippen LogP contribution is -2.51. The summed E-state index contributed by atoms with van der Waals surface area (Å²) in [5.41, 5.74) is 1.70. The van der Waals surface area contributed by atoms with Crippen LogP contribution in [0.4, 0.5) is 4.79 Å². The average Bonchev–Trinajstić information content (AvgIpc) is 2.76. The maximum absolute atomic E-state index is 12.5. The highest BCUT2D eigenvalue weighted by atomic mass is 16.5. The largest absolute Gasteiger partial charge is 0.459 e. The predicted molar refractivity (Wildman–Crippen MR) is 117 cm³/mol. The third-order valence-corrected chi connectivity index (χ3v) is 4.47. The molecule has 0 aliphatic carbocycles. The molecule has 7 heteroatoms. The second kappa shape index (κ2) is 12.4. The van der Waals surface area contributed by atoms with E-state index in [1.807, 2.05) is 74.5 Å². The molecule has 2 amide bonds. The molecule has 0 saturated carbocycles. The molecule has 2 aromatic carbocycles. The molecule has 2 atom stereocenters. The molecule has 2 rings (SSSR count). The van der Waals surface area contributed by atoms with E-state index in [1.165, 1.54) is 6.92 Å². The van der Waals surface area contributed by atoms with Crippen LogP contribution in [0.2, 0.25) is 0 Å². The molecule has 31 heavy (non-hydrogen) atoms. The Balaban J connectivity index is 1.84. The van der Waals surface area contributed by atoms with Crippen LogP contribution in [-0.2, 0) is 32.3 Å². The third-order valence-electron chi connectivity index (χ3n) is 4.47. The van der Waals surface area contributed by atoms with Crippen molar-refractivity contribution in [1.82, 2.24) is 10.6 Å². The van der Waals surface area contributed by atoms with Crippen molar-refractivity contribution in [2.45, 2.75) is 52.5 Å². The number of nitrogens with one attached hydrogen (secondary N) is 2. The van der Waals surface area contributed by atoms with Gasteiger partial charge in [0.2, 0.25) is 5.91 Å². The van der Waals surface area contributed by atoms with Gasteiger partial charge in [0, 0.05) is 0 Å². The van der Waals surface area contributed by atoms with Gasteiger partial charge in [-0.25, -0.2) is 9.59 Å². The number of hydrogen-bond donors (Lipinski definition) is 2. The number of alkyl carbamates (subject to hydrolysis) is 1. The summed E-state index contributed by atoms with van der Waals surface area (Å²) < 4.78 is 10.5. The number of amides is 2. The van der Waals surface area contributed by atoms with Crippen molar-refractivity contribution in [3.63, 3.8) is 0 Å². The van der Waals surface area contributed by atoms with Gasteiger partial charge in [-0.1, -0.05) is 74.5 Å². The van der Waals surface area contributed by atoms with Gasteiger partial charge < -0.3 is 20.1 Å². The van der Waals surface area contributed by atoms with Crippen molar-refractivity contribution in [1.29, 1.82) is 0 Å². The van der Waals surface area contributed by atoms with E-state index in [1.54, 1.807) is 0 Å². The van der Waals surface area contributed by atoms with Crippen molar-refractivity contribution in [2.24, 2.45) is 5.92 Å². The number of esters is 1. The van der Waals surface area contributed by atoms with Gasteiger partial charge in [-0.15, -0.1) is 0 Å². The zero-order valence-corrected chi connectivity index (χ0v) is 18.2. The summed E-state index contributed by atoms with van der Waals surface area (Å²) >= 11 is 0. The van der Waals surface area contributed by atoms with Crippen LogP contribution in [-0.4, -0.2) is 30.1 Å². The van der Waals surface area contributed by atoms with Gasteiger partial charge in [0.25, 0.3) is 0 Å². The number of hydrogen-bond acceptors (Lipinski definition) is 5. The highest BCUT2D eigenvalue weighted by Gasteiger charge is 2.26. The number of rotatable bonds is 10. The number of carbonyl (C=O) groups is 3. The Morgan fingerprint density at radius 3 is 1.81 bits per heavy atom. The fourth-order valence-corrected chi connectivity index (χ4v) is 2.82. The third kappa shape index (κ3) is 8.90. The van der Waals surface area contributed by atoms with Crippen molar-refractivity contribution < 1.29 is 23.9 Å². The molecule has 166 valence electrons. The minimum absolute atomic E-state index is 0.1000. The van der Waals surface area contributed by atoms with Crippen LogP contribution in [0.15, 0.2) is 60.7 Å². The van der Waals surface area contributed by atoms with Gasteiger partial charge in [0.1, 0.15) is 25.3 Å². The lowest BCUT2D eigenvalue weighted by atomic mass is 10.0. The van der Waals surface area contributed by atoms with E-state index in [9.17, 15) is 14.4 Å². The van der Waals surface area contributed by atoms with Crippen molar-refractivity contribution >= 4 is 18.0 Å². The van der Waals surface area contributed by atoms with Crippen LogP contribution < -0.4 is 10.6 Å². The Hall–Kier alpha value is -3.35. The van der Waals surface area contributed by atoms with Gasteiger partial charge in [0.05, 0.1) is 0 Å². The molecular weight excluding hydrogens is 396 g/mol. The fraction of sp³-hybridized carbons (Fsp3) is 0.375. The summed E-state index contributed by atoms with van der Waals surface area (Å²) in [7, 11) is 0. The summed E-state index contributed by atoms with van der Waals surface area (Å²) in [4.78, 5) is 37.1. The smallest absolute Gasteiger partial charge is 0.408 e. The fourth-order valence-electron chi connectivity index (χ4n) is 2.82. The predicted octanol–water partition coefficient (Wildman–Crippen LogP) is 3.58.